The van der Waals surface area contributed by atoms with E-state index in [9.17, 15) is 24.6 Å². The Kier molecular flexibility index (Phi) is 5.70. The van der Waals surface area contributed by atoms with E-state index in [-0.39, 0.29) is 41.6 Å². The highest BCUT2D eigenvalue weighted by Crippen LogP contribution is 2.47. The Labute approximate surface area is 174 Å². The van der Waals surface area contributed by atoms with Crippen molar-refractivity contribution in [3.63, 3.8) is 0 Å². The zero-order valence-electron chi connectivity index (χ0n) is 17.0. The molecule has 0 saturated carbocycles. The van der Waals surface area contributed by atoms with Gasteiger partial charge in [-0.3, -0.25) is 14.5 Å². The van der Waals surface area contributed by atoms with Crippen LogP contribution in [-0.2, 0) is 14.9 Å². The van der Waals surface area contributed by atoms with Crippen LogP contribution in [0.2, 0.25) is 6.32 Å². The van der Waals surface area contributed by atoms with Crippen LogP contribution < -0.4 is 21.5 Å². The maximum atomic E-state index is 12.1. The van der Waals surface area contributed by atoms with E-state index in [0.29, 0.717) is 18.7 Å². The van der Waals surface area contributed by atoms with Crippen molar-refractivity contribution in [2.24, 2.45) is 11.5 Å². The van der Waals surface area contributed by atoms with Crippen molar-refractivity contribution in [1.29, 1.82) is 0 Å². The van der Waals surface area contributed by atoms with Gasteiger partial charge in [0, 0.05) is 19.6 Å². The van der Waals surface area contributed by atoms with E-state index in [1.54, 1.807) is 19.1 Å². The summed E-state index contributed by atoms with van der Waals surface area (Å²) in [6.45, 7) is 4.28. The second-order valence-corrected chi connectivity index (χ2v) is 8.47. The van der Waals surface area contributed by atoms with Gasteiger partial charge in [0.05, 0.1) is 6.54 Å². The molecule has 1 radical (unpaired) electrons. The minimum Gasteiger partial charge on any atom is -0.507 e. The van der Waals surface area contributed by atoms with Crippen LogP contribution >= 0.6 is 0 Å². The number of hydrogen-bond acceptors (Lipinski definition) is 7. The normalized spacial score (nSPS) is 22.9. The number of carboxylic acids is 1. The van der Waals surface area contributed by atoms with Crippen LogP contribution in [0.3, 0.4) is 0 Å². The summed E-state index contributed by atoms with van der Waals surface area (Å²) in [5.74, 6) is -2.58. The van der Waals surface area contributed by atoms with Crippen LogP contribution in [-0.4, -0.2) is 78.0 Å². The molecule has 0 spiro atoms. The molecule has 2 heterocycles. The maximum Gasteiger partial charge on any atom is 0.343 e. The lowest BCUT2D eigenvalue weighted by Crippen LogP contribution is -2.64. The van der Waals surface area contributed by atoms with E-state index in [1.807, 2.05) is 19.1 Å². The van der Waals surface area contributed by atoms with E-state index in [4.69, 9.17) is 16.2 Å². The first-order valence-corrected chi connectivity index (χ1v) is 9.61. The van der Waals surface area contributed by atoms with Crippen molar-refractivity contribution in [1.82, 2.24) is 10.2 Å². The van der Waals surface area contributed by atoms with Crippen molar-refractivity contribution < 1.29 is 29.3 Å². The highest BCUT2D eigenvalue weighted by Gasteiger charge is 2.44. The Hall–Kier alpha value is -2.79. The molecule has 2 atom stereocenters. The zero-order chi connectivity index (χ0) is 22.3. The van der Waals surface area contributed by atoms with Gasteiger partial charge in [-0.2, -0.15) is 0 Å². The first-order valence-electron chi connectivity index (χ1n) is 9.61. The minimum absolute atomic E-state index is 0.104. The number of nitrogens with one attached hydrogen (secondary N) is 1. The number of ether oxygens (including phenoxy) is 1. The maximum absolute atomic E-state index is 12.1. The molecular formula is C19H26BN4O6. The summed E-state index contributed by atoms with van der Waals surface area (Å²) >= 11 is 0. The van der Waals surface area contributed by atoms with E-state index < -0.39 is 23.3 Å². The Morgan fingerprint density at radius 1 is 1.40 bits per heavy atom. The molecule has 2 fully saturated rings. The molecular weight excluding hydrogens is 391 g/mol. The van der Waals surface area contributed by atoms with E-state index >= 15 is 0 Å². The molecule has 7 N–H and O–H groups in total. The predicted molar refractivity (Wildman–Crippen MR) is 109 cm³/mol. The fourth-order valence-corrected chi connectivity index (χ4v) is 3.52. The number of carbonyl (C=O) groups excluding carboxylic acids is 2. The Balaban J connectivity index is 1.60. The number of likely N-dealkylation sites (tertiary alicyclic amines) is 1. The second-order valence-electron chi connectivity index (χ2n) is 8.47. The number of phenols is 1. The molecule has 0 bridgehead atoms. The highest BCUT2D eigenvalue weighted by atomic mass is 16.5. The third kappa shape index (κ3) is 4.52. The lowest BCUT2D eigenvalue weighted by molar-refractivity contribution is -0.129. The molecule has 2 amide bonds. The number of benzene rings is 1. The lowest BCUT2D eigenvalue weighted by Gasteiger charge is -2.42. The highest BCUT2D eigenvalue weighted by molar-refractivity contribution is 6.54. The zero-order valence-corrected chi connectivity index (χ0v) is 17.0. The van der Waals surface area contributed by atoms with Gasteiger partial charge in [-0.1, -0.05) is 19.3 Å². The van der Waals surface area contributed by atoms with Crippen LogP contribution in [0, 0.1) is 0 Å². The Bertz CT molecular complexity index is 880. The Morgan fingerprint density at radius 3 is 2.57 bits per heavy atom. The molecule has 1 aromatic carbocycles. The molecule has 0 aromatic heterocycles. The van der Waals surface area contributed by atoms with E-state index in [1.165, 1.54) is 0 Å². The molecule has 0 aliphatic carbocycles. The number of nitrogens with two attached hydrogens (primary N) is 2. The van der Waals surface area contributed by atoms with Gasteiger partial charge in [0.2, 0.25) is 11.8 Å². The van der Waals surface area contributed by atoms with Crippen molar-refractivity contribution in [2.75, 3.05) is 26.2 Å². The summed E-state index contributed by atoms with van der Waals surface area (Å²) in [5.41, 5.74) is 10.1. The van der Waals surface area contributed by atoms with Crippen LogP contribution in [0.5, 0.6) is 11.5 Å². The number of nitrogens with zero attached hydrogens (tertiary/aromatic N) is 1. The molecule has 2 aliphatic heterocycles. The fourth-order valence-electron chi connectivity index (χ4n) is 3.52. The third-order valence-electron chi connectivity index (χ3n) is 5.50. The van der Waals surface area contributed by atoms with Gasteiger partial charge < -0.3 is 31.7 Å². The summed E-state index contributed by atoms with van der Waals surface area (Å²) in [7, 11) is 2.00. The van der Waals surface area contributed by atoms with Gasteiger partial charge in [-0.15, -0.1) is 0 Å². The van der Waals surface area contributed by atoms with Crippen molar-refractivity contribution in [2.45, 2.75) is 37.1 Å². The van der Waals surface area contributed by atoms with E-state index in [2.05, 4.69) is 5.32 Å². The molecule has 2 saturated heterocycles. The van der Waals surface area contributed by atoms with Crippen molar-refractivity contribution in [3.05, 3.63) is 23.3 Å². The standard InChI is InChI=1S/C19H26BN4O6/c1-18(8-20-18)11-3-4-12(14(15(11)26)16(27)28)30-10-6-24(7-10)9-19(2,22)17(29)23-5-13(21)25/h3-4,10,26H,5-9,22H2,1-2H3,(H2,21,25)(H,23,29)(H,27,28)/t18-,19-/m1/s1. The fraction of sp³-hybridized carbons (Fsp3) is 0.526. The molecule has 3 rings (SSSR count). The van der Waals surface area contributed by atoms with Crippen molar-refractivity contribution >= 4 is 25.1 Å². The van der Waals surface area contributed by atoms with Gasteiger partial charge in [0.15, 0.2) is 0 Å². The van der Waals surface area contributed by atoms with Crippen LogP contribution in [0.1, 0.15) is 29.8 Å². The molecule has 10 nitrogen and oxygen atoms in total. The number of carboxylic acid groups (broad SMARTS) is 1. The molecule has 0 unspecified atom stereocenters. The van der Waals surface area contributed by atoms with Crippen LogP contribution in [0.4, 0.5) is 0 Å². The SMILES string of the molecule is C[C@@](N)(CN1CC(Oc2ccc([C@]3(C)[B]C3)c(O)c2C(=O)O)C1)C(=O)NCC(N)=O. The van der Waals surface area contributed by atoms with Gasteiger partial charge in [0.1, 0.15) is 36.0 Å². The van der Waals surface area contributed by atoms with Gasteiger partial charge in [-0.05, 0) is 23.9 Å². The smallest absolute Gasteiger partial charge is 0.343 e. The molecule has 161 valence electrons. The molecule has 11 heteroatoms. The van der Waals surface area contributed by atoms with Crippen LogP contribution in [0.15, 0.2) is 12.1 Å². The number of primary amides is 1. The average molecular weight is 417 g/mol. The Morgan fingerprint density at radius 2 is 2.03 bits per heavy atom. The van der Waals surface area contributed by atoms with E-state index in [0.717, 1.165) is 6.32 Å². The third-order valence-corrected chi connectivity index (χ3v) is 5.50. The average Bonchev–Trinajstić information content (AvgIpc) is 3.35. The van der Waals surface area contributed by atoms with Gasteiger partial charge in [0.25, 0.3) is 0 Å². The van der Waals surface area contributed by atoms with Crippen LogP contribution in [0.25, 0.3) is 0 Å². The van der Waals surface area contributed by atoms with Gasteiger partial charge in [-0.25, -0.2) is 4.79 Å². The summed E-state index contributed by atoms with van der Waals surface area (Å²) < 4.78 is 5.80. The number of carbonyl (C=O) groups is 3. The minimum atomic E-state index is -1.26. The topological polar surface area (TPSA) is 168 Å². The number of aromatic hydroxyl groups is 1. The summed E-state index contributed by atoms with van der Waals surface area (Å²) in [5, 5.41) is 22.1. The monoisotopic (exact) mass is 417 g/mol. The van der Waals surface area contributed by atoms with Gasteiger partial charge >= 0.3 is 5.97 Å². The first-order chi connectivity index (χ1) is 13.9. The number of rotatable bonds is 9. The molecule has 1 aromatic rings. The van der Waals surface area contributed by atoms with Crippen molar-refractivity contribution in [3.8, 4) is 11.5 Å². The predicted octanol–water partition coefficient (Wildman–Crippen LogP) is -1.18. The summed E-state index contributed by atoms with van der Waals surface area (Å²) in [6, 6.07) is 3.26. The molecule has 2 aliphatic rings. The number of amides is 2. The molecule has 30 heavy (non-hydrogen) atoms. The lowest BCUT2D eigenvalue weighted by atomic mass is 9.81. The summed E-state index contributed by atoms with van der Waals surface area (Å²) in [6.07, 6.45) is 0.475. The largest absolute Gasteiger partial charge is 0.507 e. The second kappa shape index (κ2) is 7.80. The number of hydrogen-bond donors (Lipinski definition) is 5. The number of aromatic carboxylic acids is 1. The first kappa shape index (κ1) is 21.9. The quantitative estimate of drug-likeness (QED) is 0.313. The summed E-state index contributed by atoms with van der Waals surface area (Å²) in [4.78, 5) is 36.5.